The van der Waals surface area contributed by atoms with Crippen LogP contribution in [-0.4, -0.2) is 5.54 Å². The fraction of sp³-hybridized carbons (Fsp3) is 0.762. The monoisotopic (exact) mass is 303 g/mol. The first kappa shape index (κ1) is 19.3. The zero-order chi connectivity index (χ0) is 16.8. The molecule has 5 atom stereocenters. The maximum Gasteiger partial charge on any atom is 0.0157 e. The molecule has 0 aliphatic heterocycles. The molecule has 0 aromatic heterocycles. The van der Waals surface area contributed by atoms with Gasteiger partial charge in [-0.1, -0.05) is 39.8 Å². The van der Waals surface area contributed by atoms with E-state index < -0.39 is 0 Å². The van der Waals surface area contributed by atoms with E-state index in [1.165, 1.54) is 31.3 Å². The van der Waals surface area contributed by atoms with E-state index in [-0.39, 0.29) is 5.54 Å². The first-order valence-electron chi connectivity index (χ1n) is 9.23. The van der Waals surface area contributed by atoms with Gasteiger partial charge < -0.3 is 5.73 Å². The summed E-state index contributed by atoms with van der Waals surface area (Å²) in [4.78, 5) is 0. The van der Waals surface area contributed by atoms with Crippen LogP contribution in [0.5, 0.6) is 0 Å². The van der Waals surface area contributed by atoms with Gasteiger partial charge in [0.15, 0.2) is 0 Å². The summed E-state index contributed by atoms with van der Waals surface area (Å²) in [5.41, 5.74) is 11.4. The van der Waals surface area contributed by atoms with E-state index in [0.29, 0.717) is 23.7 Å². The minimum Gasteiger partial charge on any atom is -0.325 e. The predicted molar refractivity (Wildman–Crippen MR) is 98.7 cm³/mol. The number of nitrogens with two attached hydrogens (primary N) is 1. The fourth-order valence-corrected chi connectivity index (χ4v) is 4.61. The largest absolute Gasteiger partial charge is 0.325 e. The third-order valence-electron chi connectivity index (χ3n) is 5.86. The fourth-order valence-electron chi connectivity index (χ4n) is 4.61. The van der Waals surface area contributed by atoms with E-state index in [9.17, 15) is 0 Å². The molecule has 2 N–H and O–H groups in total. The second-order valence-electron chi connectivity index (χ2n) is 7.49. The Bertz CT molecular complexity index is 400. The summed E-state index contributed by atoms with van der Waals surface area (Å²) < 4.78 is 0. The molecule has 0 aromatic carbocycles. The van der Waals surface area contributed by atoms with Gasteiger partial charge in [-0.05, 0) is 74.7 Å². The number of hydrogen-bond donors (Lipinski definition) is 1. The molecule has 0 bridgehead atoms. The number of hydrogen-bond acceptors (Lipinski definition) is 1. The second kappa shape index (κ2) is 8.75. The summed E-state index contributed by atoms with van der Waals surface area (Å²) in [6, 6.07) is 0. The molecule has 1 aliphatic rings. The highest BCUT2D eigenvalue weighted by Gasteiger charge is 2.39. The maximum absolute atomic E-state index is 6.81. The molecule has 1 nitrogen and oxygen atoms in total. The smallest absolute Gasteiger partial charge is 0.0157 e. The Labute approximate surface area is 138 Å². The van der Waals surface area contributed by atoms with Gasteiger partial charge in [-0.3, -0.25) is 0 Å². The molecule has 1 heteroatoms. The van der Waals surface area contributed by atoms with Gasteiger partial charge in [0.2, 0.25) is 0 Å². The van der Waals surface area contributed by atoms with E-state index in [0.717, 1.165) is 19.3 Å². The van der Waals surface area contributed by atoms with Crippen molar-refractivity contribution in [2.45, 2.75) is 78.2 Å². The van der Waals surface area contributed by atoms with E-state index in [1.54, 1.807) is 0 Å². The summed E-state index contributed by atoms with van der Waals surface area (Å²) in [5, 5.41) is 0. The van der Waals surface area contributed by atoms with Crippen LogP contribution in [0.2, 0.25) is 0 Å². The van der Waals surface area contributed by atoms with E-state index >= 15 is 0 Å². The van der Waals surface area contributed by atoms with Gasteiger partial charge in [-0.15, -0.1) is 12.3 Å². The molecular formula is C21H37N. The lowest BCUT2D eigenvalue weighted by Gasteiger charge is -2.36. The second-order valence-corrected chi connectivity index (χ2v) is 7.49. The van der Waals surface area contributed by atoms with Gasteiger partial charge in [0.25, 0.3) is 0 Å². The van der Waals surface area contributed by atoms with Crippen molar-refractivity contribution in [2.75, 3.05) is 0 Å². The zero-order valence-corrected chi connectivity index (χ0v) is 15.3. The minimum atomic E-state index is -0.0636. The molecule has 0 saturated heterocycles. The van der Waals surface area contributed by atoms with E-state index in [2.05, 4.69) is 52.7 Å². The Balaban J connectivity index is 3.09. The highest BCUT2D eigenvalue weighted by molar-refractivity contribution is 5.09. The Morgan fingerprint density at radius 3 is 2.50 bits per heavy atom. The first-order valence-corrected chi connectivity index (χ1v) is 9.23. The van der Waals surface area contributed by atoms with Crippen LogP contribution in [0.15, 0.2) is 30.5 Å². The van der Waals surface area contributed by atoms with Crippen molar-refractivity contribution in [1.29, 1.82) is 0 Å². The molecule has 0 aromatic rings. The Morgan fingerprint density at radius 2 is 2.05 bits per heavy atom. The number of rotatable bonds is 7. The molecule has 1 aliphatic carbocycles. The normalized spacial score (nSPS) is 33.6. The van der Waals surface area contributed by atoms with Crippen LogP contribution in [-0.2, 0) is 0 Å². The Hall–Kier alpha value is -0.780. The molecule has 0 radical (unpaired) electrons. The molecule has 5 unspecified atom stereocenters. The van der Waals surface area contributed by atoms with Crippen molar-refractivity contribution >= 4 is 0 Å². The van der Waals surface area contributed by atoms with E-state index in [1.807, 2.05) is 0 Å². The highest BCUT2D eigenvalue weighted by atomic mass is 14.8. The van der Waals surface area contributed by atoms with Gasteiger partial charge in [-0.2, -0.15) is 0 Å². The summed E-state index contributed by atoms with van der Waals surface area (Å²) in [6.45, 7) is 17.1. The van der Waals surface area contributed by atoms with Crippen LogP contribution in [0.25, 0.3) is 0 Å². The van der Waals surface area contributed by atoms with Crippen LogP contribution in [0.3, 0.4) is 0 Å². The molecule has 1 fully saturated rings. The molecule has 22 heavy (non-hydrogen) atoms. The van der Waals surface area contributed by atoms with Crippen molar-refractivity contribution in [3.8, 4) is 0 Å². The maximum atomic E-state index is 6.81. The molecule has 0 amide bonds. The summed E-state index contributed by atoms with van der Waals surface area (Å²) in [5.74, 6) is 2.42. The van der Waals surface area contributed by atoms with Crippen molar-refractivity contribution < 1.29 is 0 Å². The molecule has 0 spiro atoms. The summed E-state index contributed by atoms with van der Waals surface area (Å²) >= 11 is 0. The van der Waals surface area contributed by atoms with Crippen molar-refractivity contribution in [1.82, 2.24) is 0 Å². The lowest BCUT2D eigenvalue weighted by atomic mass is 9.73. The Kier molecular flexibility index (Phi) is 7.66. The van der Waals surface area contributed by atoms with Gasteiger partial charge in [0, 0.05) is 5.54 Å². The van der Waals surface area contributed by atoms with Crippen molar-refractivity contribution in [3.63, 3.8) is 0 Å². The lowest BCUT2D eigenvalue weighted by Crippen LogP contribution is -2.45. The Morgan fingerprint density at radius 1 is 1.36 bits per heavy atom. The van der Waals surface area contributed by atoms with Crippen molar-refractivity contribution in [3.05, 3.63) is 30.5 Å². The van der Waals surface area contributed by atoms with Crippen LogP contribution in [0.4, 0.5) is 0 Å². The third kappa shape index (κ3) is 4.61. The summed E-state index contributed by atoms with van der Waals surface area (Å²) in [7, 11) is 0. The van der Waals surface area contributed by atoms with Crippen LogP contribution in [0, 0.1) is 23.7 Å². The molecule has 126 valence electrons. The van der Waals surface area contributed by atoms with Crippen LogP contribution < -0.4 is 5.73 Å². The average Bonchev–Trinajstić information content (AvgIpc) is 2.61. The van der Waals surface area contributed by atoms with Gasteiger partial charge in [0.1, 0.15) is 0 Å². The quantitative estimate of drug-likeness (QED) is 0.355. The highest BCUT2D eigenvalue weighted by Crippen LogP contribution is 2.44. The van der Waals surface area contributed by atoms with Crippen molar-refractivity contribution in [2.24, 2.45) is 29.4 Å². The minimum absolute atomic E-state index is 0.0636. The first-order chi connectivity index (χ1) is 10.4. The zero-order valence-electron chi connectivity index (χ0n) is 15.3. The average molecular weight is 304 g/mol. The third-order valence-corrected chi connectivity index (χ3v) is 5.86. The molecule has 0 heterocycles. The van der Waals surface area contributed by atoms with Crippen LogP contribution >= 0.6 is 0 Å². The predicted octanol–water partition coefficient (Wildman–Crippen LogP) is 5.87. The van der Waals surface area contributed by atoms with Gasteiger partial charge in [-0.25, -0.2) is 0 Å². The van der Waals surface area contributed by atoms with Gasteiger partial charge >= 0.3 is 0 Å². The lowest BCUT2D eigenvalue weighted by molar-refractivity contribution is 0.214. The topological polar surface area (TPSA) is 26.0 Å². The van der Waals surface area contributed by atoms with Gasteiger partial charge in [0.05, 0.1) is 0 Å². The van der Waals surface area contributed by atoms with Crippen LogP contribution in [0.1, 0.15) is 72.6 Å². The SMILES string of the molecule is C=C=C(CC)C(CC)C1CC(C=C)CC(CCC)C(C)(N)C1. The molecular weight excluding hydrogens is 266 g/mol. The van der Waals surface area contributed by atoms with E-state index in [4.69, 9.17) is 5.73 Å². The summed E-state index contributed by atoms with van der Waals surface area (Å²) in [6.07, 6.45) is 10.4. The molecule has 1 saturated carbocycles. The molecule has 1 rings (SSSR count). The number of allylic oxidation sites excluding steroid dienone is 2. The standard InChI is InChI=1S/C21H37N/c1-7-12-19-14-16(8-2)13-18(15-21(19,6)22)20(11-5)17(9-3)10-4/h8,16,18-20H,2-3,7,10-15,22H2,1,4-6H3.